The Morgan fingerprint density at radius 2 is 1.50 bits per heavy atom. The SMILES string of the molecule is CC(C)N(Cc1ccccc1)[C@H](CC(=O)OC(C)(C)C)c1ccccc1. The molecule has 0 spiro atoms. The minimum Gasteiger partial charge on any atom is -0.460 e. The van der Waals surface area contributed by atoms with Gasteiger partial charge in [-0.2, -0.15) is 0 Å². The van der Waals surface area contributed by atoms with Crippen LogP contribution in [0.4, 0.5) is 0 Å². The minimum atomic E-state index is -0.472. The van der Waals surface area contributed by atoms with Crippen LogP contribution in [0.3, 0.4) is 0 Å². The van der Waals surface area contributed by atoms with Crippen molar-refractivity contribution in [2.45, 2.75) is 65.3 Å². The lowest BCUT2D eigenvalue weighted by molar-refractivity contribution is -0.156. The smallest absolute Gasteiger partial charge is 0.308 e. The van der Waals surface area contributed by atoms with E-state index in [0.717, 1.165) is 12.1 Å². The molecular formula is C23H31NO2. The second-order valence-electron chi connectivity index (χ2n) is 7.97. The molecule has 0 unspecified atom stereocenters. The molecule has 0 saturated carbocycles. The fourth-order valence-electron chi connectivity index (χ4n) is 3.09. The predicted octanol–water partition coefficient (Wildman–Crippen LogP) is 5.37. The van der Waals surface area contributed by atoms with Crippen molar-refractivity contribution in [1.82, 2.24) is 4.90 Å². The van der Waals surface area contributed by atoms with Gasteiger partial charge in [-0.15, -0.1) is 0 Å². The molecule has 2 rings (SSSR count). The molecule has 0 aliphatic rings. The number of rotatable bonds is 7. The molecule has 0 aliphatic heterocycles. The van der Waals surface area contributed by atoms with E-state index in [4.69, 9.17) is 4.74 Å². The molecule has 2 aromatic rings. The Bertz CT molecular complexity index is 674. The molecule has 3 nitrogen and oxygen atoms in total. The molecule has 0 N–H and O–H groups in total. The Balaban J connectivity index is 2.29. The van der Waals surface area contributed by atoms with Crippen LogP contribution >= 0.6 is 0 Å². The molecule has 0 aromatic heterocycles. The van der Waals surface area contributed by atoms with E-state index in [9.17, 15) is 4.79 Å². The van der Waals surface area contributed by atoms with Gasteiger partial charge in [0.25, 0.3) is 0 Å². The predicted molar refractivity (Wildman–Crippen MR) is 107 cm³/mol. The largest absolute Gasteiger partial charge is 0.460 e. The van der Waals surface area contributed by atoms with E-state index in [2.05, 4.69) is 55.1 Å². The molecule has 0 amide bonds. The van der Waals surface area contributed by atoms with Crippen LogP contribution in [0.15, 0.2) is 60.7 Å². The second-order valence-corrected chi connectivity index (χ2v) is 7.97. The molecule has 3 heteroatoms. The summed E-state index contributed by atoms with van der Waals surface area (Å²) in [5.74, 6) is -0.162. The second kappa shape index (κ2) is 9.00. The monoisotopic (exact) mass is 353 g/mol. The summed E-state index contributed by atoms with van der Waals surface area (Å²) in [4.78, 5) is 14.9. The highest BCUT2D eigenvalue weighted by molar-refractivity contribution is 5.71. The summed E-state index contributed by atoms with van der Waals surface area (Å²) in [5, 5.41) is 0. The highest BCUT2D eigenvalue weighted by Gasteiger charge is 2.28. The van der Waals surface area contributed by atoms with Crippen LogP contribution in [0.5, 0.6) is 0 Å². The maximum Gasteiger partial charge on any atom is 0.308 e. The van der Waals surface area contributed by atoms with Crippen LogP contribution in [0.25, 0.3) is 0 Å². The molecule has 0 radical (unpaired) electrons. The summed E-state index contributed by atoms with van der Waals surface area (Å²) in [7, 11) is 0. The van der Waals surface area contributed by atoms with Crippen molar-refractivity contribution in [3.63, 3.8) is 0 Å². The number of carbonyl (C=O) groups is 1. The van der Waals surface area contributed by atoms with Gasteiger partial charge in [-0.1, -0.05) is 60.7 Å². The van der Waals surface area contributed by atoms with Gasteiger partial charge in [0.2, 0.25) is 0 Å². The Labute approximate surface area is 158 Å². The zero-order valence-corrected chi connectivity index (χ0v) is 16.6. The molecule has 1 atom stereocenters. The molecule has 0 heterocycles. The number of esters is 1. The molecule has 2 aromatic carbocycles. The van der Waals surface area contributed by atoms with Gasteiger partial charge in [0.05, 0.1) is 6.42 Å². The average Bonchev–Trinajstić information content (AvgIpc) is 2.58. The van der Waals surface area contributed by atoms with Crippen LogP contribution in [0, 0.1) is 0 Å². The van der Waals surface area contributed by atoms with Gasteiger partial charge >= 0.3 is 5.97 Å². The zero-order chi connectivity index (χ0) is 19.2. The number of hydrogen-bond acceptors (Lipinski definition) is 3. The quantitative estimate of drug-likeness (QED) is 0.627. The van der Waals surface area contributed by atoms with Gasteiger partial charge in [-0.3, -0.25) is 9.69 Å². The van der Waals surface area contributed by atoms with Crippen LogP contribution in [0.2, 0.25) is 0 Å². The van der Waals surface area contributed by atoms with Crippen molar-refractivity contribution in [1.29, 1.82) is 0 Å². The molecule has 0 saturated heterocycles. The van der Waals surface area contributed by atoms with Crippen molar-refractivity contribution in [3.8, 4) is 0 Å². The summed E-state index contributed by atoms with van der Waals surface area (Å²) in [6, 6.07) is 20.9. The number of nitrogens with zero attached hydrogens (tertiary/aromatic N) is 1. The van der Waals surface area contributed by atoms with Gasteiger partial charge in [0.15, 0.2) is 0 Å². The van der Waals surface area contributed by atoms with Crippen LogP contribution < -0.4 is 0 Å². The van der Waals surface area contributed by atoms with E-state index in [-0.39, 0.29) is 12.0 Å². The summed E-state index contributed by atoms with van der Waals surface area (Å²) in [5.41, 5.74) is 1.91. The van der Waals surface area contributed by atoms with Gasteiger partial charge < -0.3 is 4.74 Å². The summed E-state index contributed by atoms with van der Waals surface area (Å²) in [6.07, 6.45) is 0.340. The van der Waals surface area contributed by atoms with Crippen LogP contribution in [-0.4, -0.2) is 22.5 Å². The van der Waals surface area contributed by atoms with Crippen LogP contribution in [-0.2, 0) is 16.1 Å². The highest BCUT2D eigenvalue weighted by atomic mass is 16.6. The Morgan fingerprint density at radius 1 is 0.962 bits per heavy atom. The molecular weight excluding hydrogens is 322 g/mol. The first-order chi connectivity index (χ1) is 12.3. The molecule has 0 aliphatic carbocycles. The lowest BCUT2D eigenvalue weighted by Gasteiger charge is -2.35. The Hall–Kier alpha value is -2.13. The highest BCUT2D eigenvalue weighted by Crippen LogP contribution is 2.29. The van der Waals surface area contributed by atoms with Gasteiger partial charge in [-0.05, 0) is 45.7 Å². The van der Waals surface area contributed by atoms with E-state index in [1.807, 2.05) is 45.0 Å². The number of carbonyl (C=O) groups excluding carboxylic acids is 1. The van der Waals surface area contributed by atoms with Crippen molar-refractivity contribution in [2.24, 2.45) is 0 Å². The van der Waals surface area contributed by atoms with Crippen molar-refractivity contribution < 1.29 is 9.53 Å². The fraction of sp³-hybridized carbons (Fsp3) is 0.435. The molecule has 0 fully saturated rings. The number of ether oxygens (including phenoxy) is 1. The van der Waals surface area contributed by atoms with E-state index in [0.29, 0.717) is 12.5 Å². The standard InChI is InChI=1S/C23H31NO2/c1-18(2)24(17-19-12-8-6-9-13-19)21(20-14-10-7-11-15-20)16-22(25)26-23(3,4)5/h6-15,18,21H,16-17H2,1-5H3/t21-/m1/s1. The summed E-state index contributed by atoms with van der Waals surface area (Å²) >= 11 is 0. The first kappa shape index (κ1) is 20.2. The Kier molecular flexibility index (Phi) is 6.98. The summed E-state index contributed by atoms with van der Waals surface area (Å²) in [6.45, 7) is 10.9. The first-order valence-corrected chi connectivity index (χ1v) is 9.33. The molecule has 140 valence electrons. The van der Waals surface area contributed by atoms with E-state index < -0.39 is 5.60 Å². The number of hydrogen-bond donors (Lipinski definition) is 0. The van der Waals surface area contributed by atoms with Crippen molar-refractivity contribution in [2.75, 3.05) is 0 Å². The first-order valence-electron chi connectivity index (χ1n) is 9.33. The maximum atomic E-state index is 12.6. The molecule has 0 bridgehead atoms. The third-order valence-corrected chi connectivity index (χ3v) is 4.24. The normalized spacial score (nSPS) is 13.0. The zero-order valence-electron chi connectivity index (χ0n) is 16.6. The van der Waals surface area contributed by atoms with Gasteiger partial charge in [-0.25, -0.2) is 0 Å². The maximum absolute atomic E-state index is 12.6. The third-order valence-electron chi connectivity index (χ3n) is 4.24. The Morgan fingerprint density at radius 3 is 2.00 bits per heavy atom. The summed E-state index contributed by atoms with van der Waals surface area (Å²) < 4.78 is 5.60. The van der Waals surface area contributed by atoms with Crippen molar-refractivity contribution >= 4 is 5.97 Å². The minimum absolute atomic E-state index is 0.0220. The van der Waals surface area contributed by atoms with Crippen molar-refractivity contribution in [3.05, 3.63) is 71.8 Å². The number of benzene rings is 2. The lowest BCUT2D eigenvalue weighted by atomic mass is 9.99. The van der Waals surface area contributed by atoms with E-state index >= 15 is 0 Å². The lowest BCUT2D eigenvalue weighted by Crippen LogP contribution is -2.37. The van der Waals surface area contributed by atoms with E-state index in [1.165, 1.54) is 5.56 Å². The van der Waals surface area contributed by atoms with E-state index in [1.54, 1.807) is 0 Å². The topological polar surface area (TPSA) is 29.5 Å². The fourth-order valence-corrected chi connectivity index (χ4v) is 3.09. The molecule has 26 heavy (non-hydrogen) atoms. The average molecular weight is 354 g/mol. The van der Waals surface area contributed by atoms with Crippen LogP contribution in [0.1, 0.15) is 58.2 Å². The van der Waals surface area contributed by atoms with Gasteiger partial charge in [0, 0.05) is 18.6 Å². The third kappa shape index (κ3) is 6.30. The van der Waals surface area contributed by atoms with Gasteiger partial charge in [0.1, 0.15) is 5.60 Å².